The third-order valence-corrected chi connectivity index (χ3v) is 10.5. The molecule has 1 aliphatic rings. The van der Waals surface area contributed by atoms with Crippen molar-refractivity contribution >= 4 is 46.8 Å². The second-order valence-corrected chi connectivity index (χ2v) is 13.8. The summed E-state index contributed by atoms with van der Waals surface area (Å²) in [5, 5.41) is 6.83. The maximum absolute atomic E-state index is 12.4. The van der Waals surface area contributed by atoms with Crippen molar-refractivity contribution in [3.8, 4) is 0 Å². The molecule has 2 aromatic carbocycles. The summed E-state index contributed by atoms with van der Waals surface area (Å²) in [5.41, 5.74) is 0.600. The average Bonchev–Trinajstić information content (AvgIpc) is 3.18. The van der Waals surface area contributed by atoms with E-state index in [2.05, 4.69) is 77.6 Å². The van der Waals surface area contributed by atoms with Gasteiger partial charge in [-0.05, 0) is 82.9 Å². The highest BCUT2D eigenvalue weighted by Gasteiger charge is 2.38. The van der Waals surface area contributed by atoms with Gasteiger partial charge in [0.2, 0.25) is 0 Å². The van der Waals surface area contributed by atoms with E-state index in [4.69, 9.17) is 12.2 Å². The molecule has 0 aromatic heterocycles. The van der Waals surface area contributed by atoms with Gasteiger partial charge in [0.05, 0.1) is 4.75 Å². The quantitative estimate of drug-likeness (QED) is 0.489. The Morgan fingerprint density at radius 3 is 2.07 bits per heavy atom. The second-order valence-electron chi connectivity index (χ2n) is 8.95. The Morgan fingerprint density at radius 2 is 1.57 bits per heavy atom. The summed E-state index contributed by atoms with van der Waals surface area (Å²) >= 11 is 5.49. The van der Waals surface area contributed by atoms with Crippen LogP contribution in [0.25, 0.3) is 0 Å². The zero-order valence-corrected chi connectivity index (χ0v) is 20.8. The molecule has 0 spiro atoms. The third kappa shape index (κ3) is 5.90. The smallest absolute Gasteiger partial charge is 0.178 e. The molecule has 30 heavy (non-hydrogen) atoms. The fourth-order valence-corrected chi connectivity index (χ4v) is 8.39. The lowest BCUT2D eigenvalue weighted by Gasteiger charge is -2.34. The summed E-state index contributed by atoms with van der Waals surface area (Å²) < 4.78 is 15.0. The number of hydrogen-bond acceptors (Lipinski definition) is 2. The van der Waals surface area contributed by atoms with Crippen LogP contribution in [0, 0.1) is 5.92 Å². The molecule has 2 N–H and O–H groups in total. The van der Waals surface area contributed by atoms with Crippen LogP contribution in [0.5, 0.6) is 0 Å². The van der Waals surface area contributed by atoms with Gasteiger partial charge in [-0.3, -0.25) is 4.72 Å². The lowest BCUT2D eigenvalue weighted by Crippen LogP contribution is -2.48. The van der Waals surface area contributed by atoms with Crippen LogP contribution in [0.1, 0.15) is 47.0 Å². The van der Waals surface area contributed by atoms with E-state index >= 15 is 0 Å². The molecule has 2 unspecified atom stereocenters. The molecule has 4 atom stereocenters. The van der Waals surface area contributed by atoms with Gasteiger partial charge in [0.25, 0.3) is 0 Å². The third-order valence-electron chi connectivity index (χ3n) is 5.67. The molecule has 1 aliphatic carbocycles. The van der Waals surface area contributed by atoms with Crippen molar-refractivity contribution in [1.82, 2.24) is 10.0 Å². The lowest BCUT2D eigenvalue weighted by atomic mass is 9.99. The first-order chi connectivity index (χ1) is 14.3. The first-order valence-corrected chi connectivity index (χ1v) is 13.6. The van der Waals surface area contributed by atoms with Gasteiger partial charge >= 0.3 is 0 Å². The first kappa shape index (κ1) is 23.4. The predicted octanol–water partition coefficient (Wildman–Crippen LogP) is 4.60. The first-order valence-electron chi connectivity index (χ1n) is 10.7. The Hall–Kier alpha value is -1.29. The molecule has 0 bridgehead atoms. The van der Waals surface area contributed by atoms with E-state index in [9.17, 15) is 4.21 Å². The molecule has 1 saturated carbocycles. The van der Waals surface area contributed by atoms with Crippen molar-refractivity contribution in [1.29, 1.82) is 0 Å². The monoisotopic (exact) mass is 460 g/mol. The van der Waals surface area contributed by atoms with Crippen LogP contribution in [0.4, 0.5) is 0 Å². The summed E-state index contributed by atoms with van der Waals surface area (Å²) in [6, 6.07) is 22.2. The molecule has 1 fully saturated rings. The van der Waals surface area contributed by atoms with Crippen LogP contribution in [0.15, 0.2) is 60.7 Å². The van der Waals surface area contributed by atoms with Gasteiger partial charge in [-0.1, -0.05) is 67.1 Å². The van der Waals surface area contributed by atoms with Crippen LogP contribution in [-0.4, -0.2) is 25.8 Å². The molecular formula is C24H33N2OPS2. The molecule has 0 aliphatic heterocycles. The lowest BCUT2D eigenvalue weighted by molar-refractivity contribution is 0.432. The molecule has 0 saturated heterocycles. The van der Waals surface area contributed by atoms with Gasteiger partial charge in [-0.15, -0.1) is 0 Å². The van der Waals surface area contributed by atoms with Crippen LogP contribution in [0.3, 0.4) is 0 Å². The van der Waals surface area contributed by atoms with Gasteiger partial charge in [0.15, 0.2) is 5.11 Å². The highest BCUT2D eigenvalue weighted by Crippen LogP contribution is 2.50. The predicted molar refractivity (Wildman–Crippen MR) is 136 cm³/mol. The zero-order chi connectivity index (χ0) is 21.7. The van der Waals surface area contributed by atoms with Gasteiger partial charge in [0.1, 0.15) is 11.0 Å². The summed E-state index contributed by atoms with van der Waals surface area (Å²) in [6.07, 6.45) is 3.68. The van der Waals surface area contributed by atoms with Crippen LogP contribution in [-0.2, 0) is 11.0 Å². The second kappa shape index (κ2) is 10.3. The van der Waals surface area contributed by atoms with E-state index in [1.165, 1.54) is 29.9 Å². The minimum absolute atomic E-state index is 0.229. The van der Waals surface area contributed by atoms with Crippen molar-refractivity contribution in [2.75, 3.05) is 0 Å². The van der Waals surface area contributed by atoms with E-state index in [0.29, 0.717) is 16.7 Å². The molecule has 3 rings (SSSR count). The van der Waals surface area contributed by atoms with Crippen molar-refractivity contribution < 1.29 is 4.21 Å². The maximum atomic E-state index is 12.4. The summed E-state index contributed by atoms with van der Waals surface area (Å²) in [4.78, 5) is 0. The van der Waals surface area contributed by atoms with E-state index in [1.807, 2.05) is 20.8 Å². The van der Waals surface area contributed by atoms with Gasteiger partial charge in [0, 0.05) is 6.04 Å². The largest absolute Gasteiger partial charge is 0.359 e. The number of thiocarbonyl (C=S) groups is 1. The topological polar surface area (TPSA) is 41.1 Å². The minimum atomic E-state index is -1.21. The van der Waals surface area contributed by atoms with Crippen LogP contribution < -0.4 is 20.6 Å². The Labute approximate surface area is 190 Å². The van der Waals surface area contributed by atoms with Gasteiger partial charge < -0.3 is 5.32 Å². The summed E-state index contributed by atoms with van der Waals surface area (Å²) in [6.45, 7) is 8.06. The zero-order valence-electron chi connectivity index (χ0n) is 18.3. The SMILES string of the molecule is C[C@@H](NC(=S)N[S@@](=O)C(C)(C)C)C1CCCC1P(c1ccccc1)c1ccccc1. The molecule has 6 heteroatoms. The minimum Gasteiger partial charge on any atom is -0.359 e. The fraction of sp³-hybridized carbons (Fsp3) is 0.458. The average molecular weight is 461 g/mol. The Morgan fingerprint density at radius 1 is 1.03 bits per heavy atom. The molecule has 162 valence electrons. The van der Waals surface area contributed by atoms with Crippen molar-refractivity contribution in [3.63, 3.8) is 0 Å². The van der Waals surface area contributed by atoms with E-state index in [1.54, 1.807) is 0 Å². The number of rotatable bonds is 6. The highest BCUT2D eigenvalue weighted by molar-refractivity contribution is 7.87. The normalized spacial score (nSPS) is 21.2. The van der Waals surface area contributed by atoms with Crippen LogP contribution in [0.2, 0.25) is 0 Å². The Balaban J connectivity index is 1.78. The summed E-state index contributed by atoms with van der Waals surface area (Å²) in [5.74, 6) is 0.527. The van der Waals surface area contributed by atoms with Gasteiger partial charge in [-0.25, -0.2) is 4.21 Å². The number of benzene rings is 2. The van der Waals surface area contributed by atoms with E-state index < -0.39 is 18.9 Å². The highest BCUT2D eigenvalue weighted by atomic mass is 32.2. The Bertz CT molecular complexity index is 815. The molecule has 0 radical (unpaired) electrons. The molecule has 2 aromatic rings. The van der Waals surface area contributed by atoms with E-state index in [-0.39, 0.29) is 10.8 Å². The van der Waals surface area contributed by atoms with Crippen molar-refractivity contribution in [3.05, 3.63) is 60.7 Å². The van der Waals surface area contributed by atoms with Crippen LogP contribution >= 0.6 is 20.1 Å². The molecule has 0 heterocycles. The molecule has 0 amide bonds. The Kier molecular flexibility index (Phi) is 8.06. The maximum Gasteiger partial charge on any atom is 0.178 e. The number of hydrogen-bond donors (Lipinski definition) is 2. The fourth-order valence-electron chi connectivity index (χ4n) is 4.16. The molecule has 3 nitrogen and oxygen atoms in total. The van der Waals surface area contributed by atoms with Crippen molar-refractivity contribution in [2.45, 2.75) is 63.4 Å². The van der Waals surface area contributed by atoms with Gasteiger partial charge in [-0.2, -0.15) is 0 Å². The number of nitrogens with one attached hydrogen (secondary N) is 2. The van der Waals surface area contributed by atoms with E-state index in [0.717, 1.165) is 0 Å². The molecular weight excluding hydrogens is 427 g/mol. The standard InChI is InChI=1S/C24H33N2OPS2/c1-18(25-23(29)26-30(27)24(2,3)4)21-16-11-17-22(21)28(19-12-7-5-8-13-19)20-14-9-6-10-15-20/h5-10,12-15,18,21-22H,11,16-17H2,1-4H3,(H2,25,26,29)/t18-,21?,22?,30+/m1/s1. The summed E-state index contributed by atoms with van der Waals surface area (Å²) in [7, 11) is -1.66. The van der Waals surface area contributed by atoms with Crippen molar-refractivity contribution in [2.24, 2.45) is 5.92 Å².